The average molecular weight is 430 g/mol. The first-order valence-electron chi connectivity index (χ1n) is 9.29. The van der Waals surface area contributed by atoms with Gasteiger partial charge in [-0.1, -0.05) is 0 Å². The second kappa shape index (κ2) is 6.43. The number of thiophene rings is 1. The van der Waals surface area contributed by atoms with Crippen molar-refractivity contribution in [1.82, 2.24) is 15.5 Å². The number of carbonyl (C=O) groups excluding carboxylic acids is 1. The molecule has 0 bridgehead atoms. The molecule has 6 nitrogen and oxygen atoms in total. The first kappa shape index (κ1) is 18.9. The first-order valence-corrected chi connectivity index (χ1v) is 10.1. The zero-order valence-corrected chi connectivity index (χ0v) is 16.0. The number of carbonyl (C=O) groups is 1. The minimum Gasteiger partial charge on any atom is -0.375 e. The van der Waals surface area contributed by atoms with Gasteiger partial charge in [-0.2, -0.15) is 5.10 Å². The summed E-state index contributed by atoms with van der Waals surface area (Å²) in [5, 5.41) is 9.21. The molecular formula is C18H18F4N4O2S. The molecule has 1 fully saturated rings. The number of hydrogen-bond acceptors (Lipinski definition) is 5. The molecule has 1 saturated heterocycles. The minimum atomic E-state index is -3.13. The molecule has 5 heterocycles. The van der Waals surface area contributed by atoms with Crippen molar-refractivity contribution in [2.45, 2.75) is 30.7 Å². The normalized spacial score (nSPS) is 27.9. The Kier molecular flexibility index (Phi) is 4.18. The lowest BCUT2D eigenvalue weighted by Crippen LogP contribution is -2.56. The topological polar surface area (TPSA) is 70.2 Å². The number of nitrogens with one attached hydrogen (secondary N) is 2. The van der Waals surface area contributed by atoms with Crippen LogP contribution in [0.5, 0.6) is 0 Å². The SMILES string of the molecule is O=C1N[C@@H]([C@H]2CCOCC2(F)F)CN2CC(F)(F)Cc3c(-c4cn[nH]c4)sc1c32. The van der Waals surface area contributed by atoms with Crippen LogP contribution in [0.3, 0.4) is 0 Å². The Morgan fingerprint density at radius 1 is 1.28 bits per heavy atom. The van der Waals surface area contributed by atoms with Crippen LogP contribution in [0.1, 0.15) is 21.7 Å². The van der Waals surface area contributed by atoms with Crippen LogP contribution in [-0.4, -0.2) is 60.3 Å². The number of aromatic amines is 1. The number of H-pyrrole nitrogens is 1. The fourth-order valence-electron chi connectivity index (χ4n) is 4.52. The molecule has 0 aromatic carbocycles. The van der Waals surface area contributed by atoms with Crippen LogP contribution in [0.4, 0.5) is 23.2 Å². The lowest BCUT2D eigenvalue weighted by molar-refractivity contribution is -0.161. The van der Waals surface area contributed by atoms with Crippen molar-refractivity contribution in [3.63, 3.8) is 0 Å². The van der Waals surface area contributed by atoms with E-state index in [-0.39, 0.29) is 24.4 Å². The summed E-state index contributed by atoms with van der Waals surface area (Å²) in [6, 6.07) is -0.944. The second-order valence-electron chi connectivity index (χ2n) is 7.78. The third-order valence-corrected chi connectivity index (χ3v) is 7.02. The number of alkyl halides is 4. The summed E-state index contributed by atoms with van der Waals surface area (Å²) in [6.45, 7) is -1.27. The minimum absolute atomic E-state index is 0.0585. The lowest BCUT2D eigenvalue weighted by atomic mass is 9.87. The van der Waals surface area contributed by atoms with Crippen molar-refractivity contribution in [2.24, 2.45) is 5.92 Å². The molecule has 0 radical (unpaired) electrons. The molecule has 156 valence electrons. The van der Waals surface area contributed by atoms with Gasteiger partial charge in [-0.15, -0.1) is 11.3 Å². The Morgan fingerprint density at radius 3 is 2.83 bits per heavy atom. The Hall–Kier alpha value is -2.14. The molecule has 2 N–H and O–H groups in total. The van der Waals surface area contributed by atoms with Crippen LogP contribution >= 0.6 is 11.3 Å². The Labute approximate surface area is 167 Å². The molecule has 3 aliphatic rings. The van der Waals surface area contributed by atoms with Gasteiger partial charge in [0.05, 0.1) is 24.5 Å². The molecule has 3 aliphatic heterocycles. The quantitative estimate of drug-likeness (QED) is 0.719. The van der Waals surface area contributed by atoms with Gasteiger partial charge in [0.2, 0.25) is 0 Å². The largest absolute Gasteiger partial charge is 0.375 e. The molecular weight excluding hydrogens is 412 g/mol. The Morgan fingerprint density at radius 2 is 2.10 bits per heavy atom. The Balaban J connectivity index is 1.58. The highest BCUT2D eigenvalue weighted by Gasteiger charge is 2.51. The Bertz CT molecular complexity index is 946. The third-order valence-electron chi connectivity index (χ3n) is 5.75. The van der Waals surface area contributed by atoms with Crippen LogP contribution in [0.25, 0.3) is 10.4 Å². The predicted molar refractivity (Wildman–Crippen MR) is 97.9 cm³/mol. The van der Waals surface area contributed by atoms with Crippen molar-refractivity contribution >= 4 is 22.9 Å². The first-order chi connectivity index (χ1) is 13.8. The van der Waals surface area contributed by atoms with Gasteiger partial charge in [-0.3, -0.25) is 9.89 Å². The summed E-state index contributed by atoms with van der Waals surface area (Å²) in [6.07, 6.45) is 2.66. The fraction of sp³-hybridized carbons (Fsp3) is 0.556. The van der Waals surface area contributed by atoms with E-state index in [2.05, 4.69) is 15.5 Å². The summed E-state index contributed by atoms with van der Waals surface area (Å²) >= 11 is 1.10. The standard InChI is InChI=1S/C18H18F4N4O2S/c19-17(20)3-10-13-15(29-14(10)9-4-23-24-5-9)16(27)25-12(6-26(13)7-17)11-1-2-28-8-18(11,21)22/h4-5,11-12H,1-3,6-8H2,(H,23,24)(H,25,27)/t11-,12-/m1/s1. The van der Waals surface area contributed by atoms with Crippen LogP contribution in [0.2, 0.25) is 0 Å². The lowest BCUT2D eigenvalue weighted by Gasteiger charge is -2.40. The van der Waals surface area contributed by atoms with Crippen molar-refractivity contribution < 1.29 is 27.1 Å². The molecule has 0 aliphatic carbocycles. The van der Waals surface area contributed by atoms with Crippen LogP contribution in [0, 0.1) is 5.92 Å². The van der Waals surface area contributed by atoms with E-state index in [0.717, 1.165) is 11.3 Å². The van der Waals surface area contributed by atoms with E-state index in [1.54, 1.807) is 6.20 Å². The summed E-state index contributed by atoms with van der Waals surface area (Å²) in [7, 11) is 0. The molecule has 0 unspecified atom stereocenters. The molecule has 11 heteroatoms. The smallest absolute Gasteiger partial charge is 0.275 e. The van der Waals surface area contributed by atoms with Gasteiger partial charge in [-0.25, -0.2) is 17.6 Å². The molecule has 5 rings (SSSR count). The van der Waals surface area contributed by atoms with Crippen molar-refractivity contribution in [1.29, 1.82) is 0 Å². The van der Waals surface area contributed by atoms with E-state index in [1.807, 2.05) is 0 Å². The van der Waals surface area contributed by atoms with Gasteiger partial charge in [0.15, 0.2) is 0 Å². The maximum Gasteiger partial charge on any atom is 0.275 e. The maximum atomic E-state index is 14.6. The summed E-state index contributed by atoms with van der Waals surface area (Å²) in [5.41, 5.74) is 1.43. The van der Waals surface area contributed by atoms with E-state index >= 15 is 0 Å². The highest BCUT2D eigenvalue weighted by atomic mass is 32.1. The maximum absolute atomic E-state index is 14.6. The number of hydrogen-bond donors (Lipinski definition) is 2. The molecule has 2 atom stereocenters. The van der Waals surface area contributed by atoms with Gasteiger partial charge < -0.3 is 15.0 Å². The summed E-state index contributed by atoms with van der Waals surface area (Å²) < 4.78 is 63.0. The molecule has 0 saturated carbocycles. The number of amides is 1. The third kappa shape index (κ3) is 3.10. The van der Waals surface area contributed by atoms with Gasteiger partial charge >= 0.3 is 0 Å². The van der Waals surface area contributed by atoms with Gasteiger partial charge in [-0.05, 0) is 6.42 Å². The zero-order valence-electron chi connectivity index (χ0n) is 15.2. The predicted octanol–water partition coefficient (Wildman–Crippen LogP) is 2.92. The van der Waals surface area contributed by atoms with Crippen molar-refractivity contribution in [2.75, 3.05) is 31.2 Å². The zero-order chi connectivity index (χ0) is 20.4. The van der Waals surface area contributed by atoms with Gasteiger partial charge in [0.25, 0.3) is 17.8 Å². The molecule has 0 spiro atoms. The van der Waals surface area contributed by atoms with Crippen LogP contribution in [0.15, 0.2) is 12.4 Å². The van der Waals surface area contributed by atoms with E-state index in [9.17, 15) is 22.4 Å². The molecule has 2 aromatic rings. The average Bonchev–Trinajstić information content (AvgIpc) is 3.24. The molecule has 29 heavy (non-hydrogen) atoms. The summed E-state index contributed by atoms with van der Waals surface area (Å²) in [4.78, 5) is 15.2. The van der Waals surface area contributed by atoms with Crippen LogP contribution in [-0.2, 0) is 11.2 Å². The van der Waals surface area contributed by atoms with E-state index < -0.39 is 49.3 Å². The van der Waals surface area contributed by atoms with Crippen LogP contribution < -0.4 is 10.2 Å². The number of rotatable bonds is 2. The second-order valence-corrected chi connectivity index (χ2v) is 8.80. The number of ether oxygens (including phenoxy) is 1. The van der Waals surface area contributed by atoms with Crippen molar-refractivity contribution in [3.8, 4) is 10.4 Å². The van der Waals surface area contributed by atoms with E-state index in [0.29, 0.717) is 21.7 Å². The van der Waals surface area contributed by atoms with Crippen molar-refractivity contribution in [3.05, 3.63) is 22.8 Å². The highest BCUT2D eigenvalue weighted by Crippen LogP contribution is 2.49. The monoisotopic (exact) mass is 430 g/mol. The number of nitrogens with zero attached hydrogens (tertiary/aromatic N) is 2. The van der Waals surface area contributed by atoms with Gasteiger partial charge in [0, 0.05) is 47.7 Å². The van der Waals surface area contributed by atoms with E-state index in [1.165, 1.54) is 11.1 Å². The summed E-state index contributed by atoms with van der Waals surface area (Å²) in [5.74, 6) is -7.82. The highest BCUT2D eigenvalue weighted by molar-refractivity contribution is 7.18. The number of aromatic nitrogens is 2. The molecule has 1 amide bonds. The van der Waals surface area contributed by atoms with Gasteiger partial charge in [0.1, 0.15) is 11.5 Å². The number of halogens is 4. The molecule has 2 aromatic heterocycles. The van der Waals surface area contributed by atoms with E-state index in [4.69, 9.17) is 4.74 Å². The fourth-order valence-corrected chi connectivity index (χ4v) is 5.75. The number of anilines is 1.